The lowest BCUT2D eigenvalue weighted by molar-refractivity contribution is 0.102. The number of aromatic nitrogens is 2. The zero-order valence-electron chi connectivity index (χ0n) is 13.4. The average Bonchev–Trinajstić information content (AvgIpc) is 3.04. The van der Waals surface area contributed by atoms with Crippen molar-refractivity contribution in [2.45, 2.75) is 13.8 Å². The van der Waals surface area contributed by atoms with E-state index in [0.717, 1.165) is 30.0 Å². The molecule has 0 saturated heterocycles. The fraction of sp³-hybridized carbons (Fsp3) is 0.222. The molecule has 1 aromatic carbocycles. The van der Waals surface area contributed by atoms with Gasteiger partial charge in [-0.05, 0) is 56.3 Å². The summed E-state index contributed by atoms with van der Waals surface area (Å²) in [6.07, 6.45) is 3.56. The third kappa shape index (κ3) is 3.18. The second-order valence-electron chi connectivity index (χ2n) is 5.29. The highest BCUT2D eigenvalue weighted by atomic mass is 16.1. The van der Waals surface area contributed by atoms with Gasteiger partial charge in [-0.15, -0.1) is 0 Å². The SMILES string of the molecule is CCN(CC)c1ccc(C(=O)Nc2ccn3nccc3c2)cc1. The molecular weight excluding hydrogens is 288 g/mol. The summed E-state index contributed by atoms with van der Waals surface area (Å²) in [6, 6.07) is 13.3. The molecule has 1 amide bonds. The first-order valence-corrected chi connectivity index (χ1v) is 7.81. The topological polar surface area (TPSA) is 49.6 Å². The summed E-state index contributed by atoms with van der Waals surface area (Å²) < 4.78 is 1.76. The monoisotopic (exact) mass is 308 g/mol. The highest BCUT2D eigenvalue weighted by Gasteiger charge is 2.08. The van der Waals surface area contributed by atoms with Gasteiger partial charge in [-0.3, -0.25) is 4.79 Å². The van der Waals surface area contributed by atoms with E-state index in [1.165, 1.54) is 0 Å². The molecule has 1 N–H and O–H groups in total. The molecule has 3 rings (SSSR count). The minimum atomic E-state index is -0.111. The van der Waals surface area contributed by atoms with Gasteiger partial charge >= 0.3 is 0 Å². The Kier molecular flexibility index (Phi) is 4.28. The zero-order valence-corrected chi connectivity index (χ0v) is 13.4. The number of nitrogens with one attached hydrogen (secondary N) is 1. The molecule has 0 radical (unpaired) electrons. The van der Waals surface area contributed by atoms with Crippen LogP contribution >= 0.6 is 0 Å². The Balaban J connectivity index is 1.74. The van der Waals surface area contributed by atoms with Crippen LogP contribution in [0.3, 0.4) is 0 Å². The van der Waals surface area contributed by atoms with Crippen molar-refractivity contribution in [3.05, 3.63) is 60.4 Å². The van der Waals surface area contributed by atoms with Crippen LogP contribution in [0.4, 0.5) is 11.4 Å². The van der Waals surface area contributed by atoms with Gasteiger partial charge in [0, 0.05) is 42.4 Å². The molecule has 23 heavy (non-hydrogen) atoms. The summed E-state index contributed by atoms with van der Waals surface area (Å²) in [7, 11) is 0. The Morgan fingerprint density at radius 1 is 1.13 bits per heavy atom. The van der Waals surface area contributed by atoms with Gasteiger partial charge in [0.25, 0.3) is 5.91 Å². The van der Waals surface area contributed by atoms with Crippen LogP contribution in [-0.4, -0.2) is 28.6 Å². The van der Waals surface area contributed by atoms with Crippen LogP contribution < -0.4 is 10.2 Å². The number of fused-ring (bicyclic) bond motifs is 1. The van der Waals surface area contributed by atoms with E-state index < -0.39 is 0 Å². The minimum Gasteiger partial charge on any atom is -0.372 e. The van der Waals surface area contributed by atoms with Crippen molar-refractivity contribution in [1.82, 2.24) is 9.61 Å². The van der Waals surface area contributed by atoms with Crippen LogP contribution in [0.5, 0.6) is 0 Å². The first-order valence-electron chi connectivity index (χ1n) is 7.81. The number of pyridine rings is 1. The number of carbonyl (C=O) groups is 1. The molecule has 3 aromatic rings. The molecule has 0 saturated carbocycles. The minimum absolute atomic E-state index is 0.111. The molecule has 2 aromatic heterocycles. The number of rotatable bonds is 5. The number of amides is 1. The Labute approximate surface area is 135 Å². The van der Waals surface area contributed by atoms with E-state index in [0.29, 0.717) is 5.56 Å². The van der Waals surface area contributed by atoms with Crippen LogP contribution in [0, 0.1) is 0 Å². The third-order valence-electron chi connectivity index (χ3n) is 3.92. The lowest BCUT2D eigenvalue weighted by Gasteiger charge is -2.21. The summed E-state index contributed by atoms with van der Waals surface area (Å²) >= 11 is 0. The van der Waals surface area contributed by atoms with E-state index >= 15 is 0 Å². The summed E-state index contributed by atoms with van der Waals surface area (Å²) in [5.74, 6) is -0.111. The predicted octanol–water partition coefficient (Wildman–Crippen LogP) is 3.43. The predicted molar refractivity (Wildman–Crippen MR) is 93.1 cm³/mol. The molecule has 0 unspecified atom stereocenters. The lowest BCUT2D eigenvalue weighted by Crippen LogP contribution is -2.21. The molecule has 0 bridgehead atoms. The molecule has 2 heterocycles. The van der Waals surface area contributed by atoms with Crippen LogP contribution in [0.25, 0.3) is 5.52 Å². The maximum atomic E-state index is 12.4. The molecule has 0 atom stereocenters. The van der Waals surface area contributed by atoms with Crippen LogP contribution in [0.15, 0.2) is 54.9 Å². The van der Waals surface area contributed by atoms with Gasteiger partial charge < -0.3 is 10.2 Å². The smallest absolute Gasteiger partial charge is 0.255 e. The maximum absolute atomic E-state index is 12.4. The molecule has 0 aliphatic heterocycles. The first-order chi connectivity index (χ1) is 11.2. The van der Waals surface area contributed by atoms with Gasteiger partial charge in [0.05, 0.1) is 5.52 Å². The molecule has 0 aliphatic rings. The highest BCUT2D eigenvalue weighted by molar-refractivity contribution is 6.04. The largest absolute Gasteiger partial charge is 0.372 e. The van der Waals surface area contributed by atoms with Crippen LogP contribution in [-0.2, 0) is 0 Å². The van der Waals surface area contributed by atoms with E-state index in [2.05, 4.69) is 29.2 Å². The standard InChI is InChI=1S/C18H20N4O/c1-3-21(4-2)16-7-5-14(6-8-16)18(23)20-15-10-12-22-17(13-15)9-11-19-22/h5-13H,3-4H2,1-2H3,(H,20,23). The molecule has 0 aliphatic carbocycles. The van der Waals surface area contributed by atoms with Crippen molar-refractivity contribution in [3.8, 4) is 0 Å². The van der Waals surface area contributed by atoms with Crippen molar-refractivity contribution < 1.29 is 4.79 Å². The molecule has 5 heteroatoms. The van der Waals surface area contributed by atoms with Crippen molar-refractivity contribution in [2.24, 2.45) is 0 Å². The highest BCUT2D eigenvalue weighted by Crippen LogP contribution is 2.17. The normalized spacial score (nSPS) is 10.7. The number of hydrogen-bond acceptors (Lipinski definition) is 3. The molecule has 0 spiro atoms. The van der Waals surface area contributed by atoms with E-state index in [-0.39, 0.29) is 5.91 Å². The van der Waals surface area contributed by atoms with Crippen LogP contribution in [0.2, 0.25) is 0 Å². The summed E-state index contributed by atoms with van der Waals surface area (Å²) in [4.78, 5) is 14.6. The number of benzene rings is 1. The first kappa shape index (κ1) is 15.1. The summed E-state index contributed by atoms with van der Waals surface area (Å²) in [5, 5.41) is 7.06. The second kappa shape index (κ2) is 6.52. The quantitative estimate of drug-likeness (QED) is 0.785. The van der Waals surface area contributed by atoms with E-state index in [4.69, 9.17) is 0 Å². The van der Waals surface area contributed by atoms with E-state index in [9.17, 15) is 4.79 Å². The average molecular weight is 308 g/mol. The molecule has 5 nitrogen and oxygen atoms in total. The fourth-order valence-corrected chi connectivity index (χ4v) is 2.62. The molecule has 118 valence electrons. The Hall–Kier alpha value is -2.82. The van der Waals surface area contributed by atoms with Crippen molar-refractivity contribution in [1.29, 1.82) is 0 Å². The summed E-state index contributed by atoms with van der Waals surface area (Å²) in [6.45, 7) is 6.15. The van der Waals surface area contributed by atoms with Gasteiger partial charge in [-0.2, -0.15) is 5.10 Å². The zero-order chi connectivity index (χ0) is 16.2. The van der Waals surface area contributed by atoms with Gasteiger partial charge in [0.15, 0.2) is 0 Å². The van der Waals surface area contributed by atoms with Crippen LogP contribution in [0.1, 0.15) is 24.2 Å². The van der Waals surface area contributed by atoms with Crippen molar-refractivity contribution >= 4 is 22.8 Å². The fourth-order valence-electron chi connectivity index (χ4n) is 2.62. The molecule has 0 fully saturated rings. The Bertz CT molecular complexity index is 803. The number of carbonyl (C=O) groups excluding carboxylic acids is 1. The van der Waals surface area contributed by atoms with Crippen molar-refractivity contribution in [2.75, 3.05) is 23.3 Å². The van der Waals surface area contributed by atoms with E-state index in [1.54, 1.807) is 10.7 Å². The number of hydrogen-bond donors (Lipinski definition) is 1. The summed E-state index contributed by atoms with van der Waals surface area (Å²) in [5.41, 5.74) is 3.48. The Morgan fingerprint density at radius 3 is 2.57 bits per heavy atom. The molecular formula is C18H20N4O. The van der Waals surface area contributed by atoms with Gasteiger partial charge in [0.1, 0.15) is 0 Å². The second-order valence-corrected chi connectivity index (χ2v) is 5.29. The number of anilines is 2. The van der Waals surface area contributed by atoms with E-state index in [1.807, 2.05) is 48.7 Å². The van der Waals surface area contributed by atoms with Gasteiger partial charge in [0.2, 0.25) is 0 Å². The maximum Gasteiger partial charge on any atom is 0.255 e. The lowest BCUT2D eigenvalue weighted by atomic mass is 10.1. The van der Waals surface area contributed by atoms with Gasteiger partial charge in [-0.1, -0.05) is 0 Å². The van der Waals surface area contributed by atoms with Crippen molar-refractivity contribution in [3.63, 3.8) is 0 Å². The third-order valence-corrected chi connectivity index (χ3v) is 3.92. The van der Waals surface area contributed by atoms with Gasteiger partial charge in [-0.25, -0.2) is 4.52 Å². The number of nitrogens with zero attached hydrogens (tertiary/aromatic N) is 3. The Morgan fingerprint density at radius 2 is 1.87 bits per heavy atom.